The summed E-state index contributed by atoms with van der Waals surface area (Å²) in [5.74, 6) is -1.58. The van der Waals surface area contributed by atoms with Crippen LogP contribution >= 0.6 is 15.9 Å². The highest BCUT2D eigenvalue weighted by molar-refractivity contribution is 9.10. The highest BCUT2D eigenvalue weighted by Gasteiger charge is 2.17. The first-order valence-electron chi connectivity index (χ1n) is 5.30. The zero-order valence-electron chi connectivity index (χ0n) is 9.92. The number of para-hydroxylation sites is 1. The van der Waals surface area contributed by atoms with Crippen LogP contribution in [0.1, 0.15) is 20.8 Å². The number of carboxylic acids is 1. The maximum absolute atomic E-state index is 12.0. The number of anilines is 1. The molecule has 0 unspecified atom stereocenters. The van der Waals surface area contributed by atoms with Gasteiger partial charge in [-0.15, -0.1) is 0 Å². The molecule has 0 spiro atoms. The van der Waals surface area contributed by atoms with Gasteiger partial charge in [-0.05, 0) is 28.1 Å². The largest absolute Gasteiger partial charge is 0.478 e. The quantitative estimate of drug-likeness (QED) is 0.906. The zero-order valence-corrected chi connectivity index (χ0v) is 11.5. The fourth-order valence-electron chi connectivity index (χ4n) is 1.54. The number of carbonyl (C=O) groups excluding carboxylic acids is 1. The number of hydrogen-bond donors (Lipinski definition) is 2. The summed E-state index contributed by atoms with van der Waals surface area (Å²) in [6.45, 7) is 0. The van der Waals surface area contributed by atoms with E-state index < -0.39 is 11.9 Å². The van der Waals surface area contributed by atoms with E-state index in [4.69, 9.17) is 5.11 Å². The molecule has 2 aromatic rings. The van der Waals surface area contributed by atoms with Crippen LogP contribution in [-0.4, -0.2) is 26.5 Å². The van der Waals surface area contributed by atoms with Gasteiger partial charge in [-0.3, -0.25) is 4.79 Å². The van der Waals surface area contributed by atoms with Crippen LogP contribution in [0.4, 0.5) is 5.69 Å². The van der Waals surface area contributed by atoms with Crippen molar-refractivity contribution in [3.05, 3.63) is 46.5 Å². The molecule has 0 aliphatic heterocycles. The molecule has 1 amide bonds. The molecule has 2 N–H and O–H groups in total. The minimum atomic E-state index is -1.11. The predicted octanol–water partition coefficient (Wildman–Crippen LogP) is 2.13. The van der Waals surface area contributed by atoms with Crippen LogP contribution in [-0.2, 0) is 7.05 Å². The molecule has 1 aromatic heterocycles. The van der Waals surface area contributed by atoms with E-state index in [1.807, 2.05) is 0 Å². The van der Waals surface area contributed by atoms with Crippen molar-refractivity contribution in [3.8, 4) is 0 Å². The number of aromatic nitrogens is 2. The lowest BCUT2D eigenvalue weighted by molar-refractivity contribution is 0.0698. The van der Waals surface area contributed by atoms with E-state index in [0.717, 1.165) is 0 Å². The van der Waals surface area contributed by atoms with Crippen molar-refractivity contribution in [3.63, 3.8) is 0 Å². The van der Waals surface area contributed by atoms with Gasteiger partial charge in [-0.1, -0.05) is 6.07 Å². The molecule has 0 saturated heterocycles. The number of amides is 1. The molecule has 0 radical (unpaired) electrons. The van der Waals surface area contributed by atoms with Gasteiger partial charge in [0.1, 0.15) is 5.69 Å². The topological polar surface area (TPSA) is 84.2 Å². The maximum atomic E-state index is 12.0. The minimum absolute atomic E-state index is 0.0126. The van der Waals surface area contributed by atoms with Crippen LogP contribution in [0, 0.1) is 0 Å². The Kier molecular flexibility index (Phi) is 3.66. The fraction of sp³-hybridized carbons (Fsp3) is 0.0833. The highest BCUT2D eigenvalue weighted by atomic mass is 79.9. The van der Waals surface area contributed by atoms with Gasteiger partial charge >= 0.3 is 5.97 Å². The Morgan fingerprint density at radius 3 is 2.74 bits per heavy atom. The average molecular weight is 324 g/mol. The summed E-state index contributed by atoms with van der Waals surface area (Å²) in [6.07, 6.45) is 3.04. The first-order valence-corrected chi connectivity index (χ1v) is 6.09. The Bertz CT molecular complexity index is 651. The molecule has 0 aliphatic carbocycles. The number of aromatic carboxylic acids is 1. The van der Waals surface area contributed by atoms with Crippen LogP contribution in [0.2, 0.25) is 0 Å². The van der Waals surface area contributed by atoms with Crippen molar-refractivity contribution in [1.82, 2.24) is 9.55 Å². The molecule has 0 aliphatic rings. The lowest BCUT2D eigenvalue weighted by Gasteiger charge is -2.09. The highest BCUT2D eigenvalue weighted by Crippen LogP contribution is 2.26. The molecule has 19 heavy (non-hydrogen) atoms. The SMILES string of the molecule is Cn1cnc(C(=O)Nc2c(Br)cccc2C(=O)O)c1. The van der Waals surface area contributed by atoms with Crippen LogP contribution in [0.5, 0.6) is 0 Å². The summed E-state index contributed by atoms with van der Waals surface area (Å²) < 4.78 is 2.13. The molecule has 1 aromatic carbocycles. The Balaban J connectivity index is 2.33. The third-order valence-corrected chi connectivity index (χ3v) is 3.08. The van der Waals surface area contributed by atoms with Gasteiger partial charge in [0.2, 0.25) is 0 Å². The van der Waals surface area contributed by atoms with Gasteiger partial charge in [0, 0.05) is 17.7 Å². The number of imidazole rings is 1. The molecule has 6 nitrogen and oxygen atoms in total. The monoisotopic (exact) mass is 323 g/mol. The van der Waals surface area contributed by atoms with Crippen molar-refractivity contribution >= 4 is 33.5 Å². The smallest absolute Gasteiger partial charge is 0.337 e. The second kappa shape index (κ2) is 5.23. The molecule has 0 bridgehead atoms. The number of aryl methyl sites for hydroxylation is 1. The second-order valence-electron chi connectivity index (χ2n) is 3.85. The lowest BCUT2D eigenvalue weighted by atomic mass is 10.2. The minimum Gasteiger partial charge on any atom is -0.478 e. The number of halogens is 1. The first kappa shape index (κ1) is 13.3. The number of carbonyl (C=O) groups is 2. The molecule has 1 heterocycles. The molecule has 0 fully saturated rings. The van der Waals surface area contributed by atoms with Crippen molar-refractivity contribution < 1.29 is 14.7 Å². The van der Waals surface area contributed by atoms with E-state index in [0.29, 0.717) is 4.47 Å². The standard InChI is InChI=1S/C12H10BrN3O3/c1-16-5-9(14-6-16)11(17)15-10-7(12(18)19)3-2-4-8(10)13/h2-6H,1H3,(H,15,17)(H,18,19). The number of nitrogens with zero attached hydrogens (tertiary/aromatic N) is 2. The molecule has 0 saturated carbocycles. The summed E-state index contributed by atoms with van der Waals surface area (Å²) in [5, 5.41) is 11.6. The molecule has 0 atom stereocenters. The third-order valence-electron chi connectivity index (χ3n) is 2.42. The van der Waals surface area contributed by atoms with Crippen molar-refractivity contribution in [2.24, 2.45) is 7.05 Å². The first-order chi connectivity index (χ1) is 8.99. The molecule has 2 rings (SSSR count). The number of hydrogen-bond acceptors (Lipinski definition) is 3. The van der Waals surface area contributed by atoms with Crippen LogP contribution in [0.3, 0.4) is 0 Å². The van der Waals surface area contributed by atoms with Crippen LogP contribution in [0.25, 0.3) is 0 Å². The van der Waals surface area contributed by atoms with Crippen LogP contribution < -0.4 is 5.32 Å². The molecule has 7 heteroatoms. The summed E-state index contributed by atoms with van der Waals surface area (Å²) in [4.78, 5) is 27.0. The summed E-state index contributed by atoms with van der Waals surface area (Å²) in [7, 11) is 1.74. The van der Waals surface area contributed by atoms with Gasteiger partial charge < -0.3 is 15.0 Å². The summed E-state index contributed by atoms with van der Waals surface area (Å²) in [5.41, 5.74) is 0.443. The van der Waals surface area contributed by atoms with Gasteiger partial charge in [0.05, 0.1) is 17.6 Å². The van der Waals surface area contributed by atoms with Gasteiger partial charge in [0.15, 0.2) is 0 Å². The Morgan fingerprint density at radius 1 is 1.42 bits per heavy atom. The predicted molar refractivity (Wildman–Crippen MR) is 72.3 cm³/mol. The Hall–Kier alpha value is -2.15. The number of benzene rings is 1. The number of carboxylic acid groups (broad SMARTS) is 1. The fourth-order valence-corrected chi connectivity index (χ4v) is 2.00. The second-order valence-corrected chi connectivity index (χ2v) is 4.70. The average Bonchev–Trinajstić information content (AvgIpc) is 2.78. The van der Waals surface area contributed by atoms with Crippen molar-refractivity contribution in [2.45, 2.75) is 0 Å². The van der Waals surface area contributed by atoms with Gasteiger partial charge in [-0.2, -0.15) is 0 Å². The van der Waals surface area contributed by atoms with Crippen molar-refractivity contribution in [2.75, 3.05) is 5.32 Å². The van der Waals surface area contributed by atoms with E-state index in [1.54, 1.807) is 29.9 Å². The van der Waals surface area contributed by atoms with E-state index in [9.17, 15) is 9.59 Å². The normalized spacial score (nSPS) is 10.2. The van der Waals surface area contributed by atoms with E-state index in [-0.39, 0.29) is 16.9 Å². The van der Waals surface area contributed by atoms with Crippen molar-refractivity contribution in [1.29, 1.82) is 0 Å². The third kappa shape index (κ3) is 2.82. The zero-order chi connectivity index (χ0) is 14.0. The van der Waals surface area contributed by atoms with E-state index in [1.165, 1.54) is 12.4 Å². The maximum Gasteiger partial charge on any atom is 0.337 e. The summed E-state index contributed by atoms with van der Waals surface area (Å²) in [6, 6.07) is 4.66. The number of nitrogens with one attached hydrogen (secondary N) is 1. The summed E-state index contributed by atoms with van der Waals surface area (Å²) >= 11 is 3.22. The lowest BCUT2D eigenvalue weighted by Crippen LogP contribution is -2.15. The van der Waals surface area contributed by atoms with E-state index >= 15 is 0 Å². The van der Waals surface area contributed by atoms with Gasteiger partial charge in [-0.25, -0.2) is 9.78 Å². The Labute approximate surface area is 117 Å². The van der Waals surface area contributed by atoms with E-state index in [2.05, 4.69) is 26.2 Å². The van der Waals surface area contributed by atoms with Crippen LogP contribution in [0.15, 0.2) is 35.2 Å². The molecular formula is C12H10BrN3O3. The molecule has 98 valence electrons. The molecular weight excluding hydrogens is 314 g/mol. The van der Waals surface area contributed by atoms with Gasteiger partial charge in [0.25, 0.3) is 5.91 Å². The number of rotatable bonds is 3. The Morgan fingerprint density at radius 2 is 2.16 bits per heavy atom.